The van der Waals surface area contributed by atoms with Crippen LogP contribution in [-0.2, 0) is 20.9 Å². The highest BCUT2D eigenvalue weighted by Gasteiger charge is 2.15. The number of carboxylic acid groups (broad SMARTS) is 1. The highest BCUT2D eigenvalue weighted by atomic mass is 79.9. The minimum atomic E-state index is -0.818. The van der Waals surface area contributed by atoms with Crippen molar-refractivity contribution in [3.8, 4) is 0 Å². The number of ether oxygens (including phenoxy) is 1. The molecular formula is C14H20BrNO4S. The van der Waals surface area contributed by atoms with Gasteiger partial charge in [-0.3, -0.25) is 9.59 Å². The van der Waals surface area contributed by atoms with Gasteiger partial charge in [-0.1, -0.05) is 0 Å². The van der Waals surface area contributed by atoms with Crippen LogP contribution in [0.3, 0.4) is 0 Å². The van der Waals surface area contributed by atoms with Gasteiger partial charge in [-0.15, -0.1) is 11.3 Å². The van der Waals surface area contributed by atoms with Gasteiger partial charge in [-0.05, 0) is 40.2 Å². The predicted octanol–water partition coefficient (Wildman–Crippen LogP) is 3.13. The van der Waals surface area contributed by atoms with Crippen LogP contribution in [-0.4, -0.2) is 42.1 Å². The molecule has 5 nitrogen and oxygen atoms in total. The Hall–Kier alpha value is -0.920. The maximum Gasteiger partial charge on any atom is 0.303 e. The van der Waals surface area contributed by atoms with E-state index in [9.17, 15) is 9.59 Å². The van der Waals surface area contributed by atoms with Gasteiger partial charge in [0.15, 0.2) is 0 Å². The summed E-state index contributed by atoms with van der Waals surface area (Å²) < 4.78 is 6.06. The fourth-order valence-electron chi connectivity index (χ4n) is 1.82. The van der Waals surface area contributed by atoms with Crippen molar-refractivity contribution in [1.29, 1.82) is 0 Å². The first kappa shape index (κ1) is 18.1. The van der Waals surface area contributed by atoms with Gasteiger partial charge in [0.1, 0.15) is 0 Å². The summed E-state index contributed by atoms with van der Waals surface area (Å²) in [6.45, 7) is 1.59. The van der Waals surface area contributed by atoms with Crippen molar-refractivity contribution >= 4 is 39.1 Å². The molecule has 1 rings (SSSR count). The minimum Gasteiger partial charge on any atom is -0.481 e. The molecular weight excluding hydrogens is 358 g/mol. The Labute approximate surface area is 137 Å². The maximum atomic E-state index is 12.2. The number of halogens is 1. The Kier molecular flexibility index (Phi) is 8.56. The first-order chi connectivity index (χ1) is 10.0. The molecule has 0 aliphatic rings. The molecule has 1 N–H and O–H groups in total. The third-order valence-electron chi connectivity index (χ3n) is 2.97. The SMILES string of the molecule is COCCN(Cc1sccc1Br)C(=O)CCCCC(=O)O. The number of carboxylic acids is 1. The number of hydrogen-bond acceptors (Lipinski definition) is 4. The number of rotatable bonds is 10. The summed E-state index contributed by atoms with van der Waals surface area (Å²) in [6.07, 6.45) is 1.62. The molecule has 0 bridgehead atoms. The van der Waals surface area contributed by atoms with Gasteiger partial charge in [0.2, 0.25) is 5.91 Å². The van der Waals surface area contributed by atoms with Crippen LogP contribution in [0.25, 0.3) is 0 Å². The van der Waals surface area contributed by atoms with Crippen LogP contribution >= 0.6 is 27.3 Å². The second kappa shape index (κ2) is 9.92. The summed E-state index contributed by atoms with van der Waals surface area (Å²) in [5.74, 6) is -0.779. The van der Waals surface area contributed by atoms with Crippen LogP contribution in [0.2, 0.25) is 0 Å². The summed E-state index contributed by atoms with van der Waals surface area (Å²) in [5.41, 5.74) is 0. The molecule has 0 aliphatic heterocycles. The van der Waals surface area contributed by atoms with Gasteiger partial charge < -0.3 is 14.7 Å². The molecule has 0 aliphatic carbocycles. The second-order valence-corrected chi connectivity index (χ2v) is 6.46. The number of carbonyl (C=O) groups is 2. The van der Waals surface area contributed by atoms with E-state index in [2.05, 4.69) is 15.9 Å². The largest absolute Gasteiger partial charge is 0.481 e. The van der Waals surface area contributed by atoms with Crippen molar-refractivity contribution in [1.82, 2.24) is 4.90 Å². The molecule has 118 valence electrons. The van der Waals surface area contributed by atoms with E-state index in [1.807, 2.05) is 11.4 Å². The number of amides is 1. The van der Waals surface area contributed by atoms with Crippen molar-refractivity contribution in [2.75, 3.05) is 20.3 Å². The number of carbonyl (C=O) groups excluding carboxylic acids is 1. The molecule has 0 spiro atoms. The van der Waals surface area contributed by atoms with Crippen molar-refractivity contribution in [3.63, 3.8) is 0 Å². The first-order valence-corrected chi connectivity index (χ1v) is 8.42. The Balaban J connectivity index is 2.49. The van der Waals surface area contributed by atoms with E-state index >= 15 is 0 Å². The summed E-state index contributed by atoms with van der Waals surface area (Å²) in [5, 5.41) is 10.6. The van der Waals surface area contributed by atoms with Gasteiger partial charge in [0.05, 0.1) is 13.2 Å². The molecule has 0 atom stereocenters. The highest BCUT2D eigenvalue weighted by molar-refractivity contribution is 9.10. The number of hydrogen-bond donors (Lipinski definition) is 1. The van der Waals surface area contributed by atoms with Gasteiger partial charge in [-0.25, -0.2) is 0 Å². The molecule has 1 aromatic rings. The Bertz CT molecular complexity index is 464. The van der Waals surface area contributed by atoms with E-state index < -0.39 is 5.97 Å². The molecule has 0 radical (unpaired) electrons. The average molecular weight is 378 g/mol. The molecule has 0 unspecified atom stereocenters. The van der Waals surface area contributed by atoms with Gasteiger partial charge in [0, 0.05) is 35.8 Å². The van der Waals surface area contributed by atoms with E-state index in [0.717, 1.165) is 9.35 Å². The van der Waals surface area contributed by atoms with Crippen LogP contribution in [0.5, 0.6) is 0 Å². The summed E-state index contributed by atoms with van der Waals surface area (Å²) >= 11 is 5.07. The molecule has 7 heteroatoms. The summed E-state index contributed by atoms with van der Waals surface area (Å²) in [7, 11) is 1.61. The van der Waals surface area contributed by atoms with Crippen molar-refractivity contribution in [3.05, 3.63) is 20.8 Å². The topological polar surface area (TPSA) is 66.8 Å². The smallest absolute Gasteiger partial charge is 0.303 e. The van der Waals surface area contributed by atoms with Crippen molar-refractivity contribution < 1.29 is 19.4 Å². The van der Waals surface area contributed by atoms with Gasteiger partial charge in [-0.2, -0.15) is 0 Å². The molecule has 0 saturated heterocycles. The fourth-order valence-corrected chi connectivity index (χ4v) is 3.31. The lowest BCUT2D eigenvalue weighted by Crippen LogP contribution is -2.33. The number of methoxy groups -OCH3 is 1. The lowest BCUT2D eigenvalue weighted by atomic mass is 10.2. The molecule has 1 aromatic heterocycles. The molecule has 1 heterocycles. The molecule has 0 fully saturated rings. The monoisotopic (exact) mass is 377 g/mol. The molecule has 0 aromatic carbocycles. The number of unbranched alkanes of at least 4 members (excludes halogenated alkanes) is 1. The Morgan fingerprint density at radius 1 is 1.38 bits per heavy atom. The third kappa shape index (κ3) is 7.06. The highest BCUT2D eigenvalue weighted by Crippen LogP contribution is 2.24. The third-order valence-corrected chi connectivity index (χ3v) is 4.89. The lowest BCUT2D eigenvalue weighted by molar-refractivity contribution is -0.137. The fraction of sp³-hybridized carbons (Fsp3) is 0.571. The minimum absolute atomic E-state index is 0.0396. The Morgan fingerprint density at radius 2 is 2.10 bits per heavy atom. The standard InChI is InChI=1S/C14H20BrNO4S/c1-20-8-7-16(10-12-11(15)6-9-21-12)13(17)4-2-3-5-14(18)19/h6,9H,2-5,7-8,10H2,1H3,(H,18,19). The number of thiophene rings is 1. The zero-order valence-electron chi connectivity index (χ0n) is 12.0. The van der Waals surface area contributed by atoms with E-state index in [0.29, 0.717) is 39.0 Å². The maximum absolute atomic E-state index is 12.2. The van der Waals surface area contributed by atoms with E-state index in [1.165, 1.54) is 0 Å². The van der Waals surface area contributed by atoms with Crippen LogP contribution in [0.1, 0.15) is 30.6 Å². The van der Waals surface area contributed by atoms with Gasteiger partial charge >= 0.3 is 5.97 Å². The molecule has 21 heavy (non-hydrogen) atoms. The van der Waals surface area contributed by atoms with Crippen LogP contribution in [0.4, 0.5) is 0 Å². The van der Waals surface area contributed by atoms with E-state index in [4.69, 9.17) is 9.84 Å². The number of aliphatic carboxylic acids is 1. The van der Waals surface area contributed by atoms with Crippen LogP contribution < -0.4 is 0 Å². The summed E-state index contributed by atoms with van der Waals surface area (Å²) in [6, 6.07) is 1.96. The normalized spacial score (nSPS) is 10.6. The quantitative estimate of drug-likeness (QED) is 0.636. The van der Waals surface area contributed by atoms with Crippen LogP contribution in [0.15, 0.2) is 15.9 Å². The number of nitrogens with zero attached hydrogens (tertiary/aromatic N) is 1. The summed E-state index contributed by atoms with van der Waals surface area (Å²) in [4.78, 5) is 25.6. The lowest BCUT2D eigenvalue weighted by Gasteiger charge is -2.22. The zero-order valence-corrected chi connectivity index (χ0v) is 14.4. The first-order valence-electron chi connectivity index (χ1n) is 6.75. The molecule has 0 saturated carbocycles. The predicted molar refractivity (Wildman–Crippen MR) is 85.4 cm³/mol. The van der Waals surface area contributed by atoms with Crippen molar-refractivity contribution in [2.24, 2.45) is 0 Å². The van der Waals surface area contributed by atoms with Crippen molar-refractivity contribution in [2.45, 2.75) is 32.2 Å². The average Bonchev–Trinajstić information content (AvgIpc) is 2.84. The second-order valence-electron chi connectivity index (χ2n) is 4.60. The molecule has 1 amide bonds. The Morgan fingerprint density at radius 3 is 2.67 bits per heavy atom. The van der Waals surface area contributed by atoms with E-state index in [1.54, 1.807) is 23.3 Å². The zero-order chi connectivity index (χ0) is 15.7. The van der Waals surface area contributed by atoms with Crippen LogP contribution in [0, 0.1) is 0 Å². The van der Waals surface area contributed by atoms with E-state index in [-0.39, 0.29) is 12.3 Å². The van der Waals surface area contributed by atoms with Gasteiger partial charge in [0.25, 0.3) is 0 Å².